The Bertz CT molecular complexity index is 560. The van der Waals surface area contributed by atoms with Gasteiger partial charge in [0.15, 0.2) is 0 Å². The predicted octanol–water partition coefficient (Wildman–Crippen LogP) is 1.69. The summed E-state index contributed by atoms with van der Waals surface area (Å²) >= 11 is 6.30. The van der Waals surface area contributed by atoms with Crippen molar-refractivity contribution in [3.8, 4) is 0 Å². The summed E-state index contributed by atoms with van der Waals surface area (Å²) in [5.41, 5.74) is 1.73. The van der Waals surface area contributed by atoms with Gasteiger partial charge in [0, 0.05) is 28.9 Å². The average molecular weight is 310 g/mol. The van der Waals surface area contributed by atoms with Crippen molar-refractivity contribution in [2.24, 2.45) is 0 Å². The minimum Gasteiger partial charge on any atom is -0.350 e. The van der Waals surface area contributed by atoms with Crippen molar-refractivity contribution in [3.63, 3.8) is 0 Å². The molecule has 0 spiro atoms. The van der Waals surface area contributed by atoms with Gasteiger partial charge in [0.25, 0.3) is 0 Å². The van der Waals surface area contributed by atoms with Crippen LogP contribution in [-0.2, 0) is 16.1 Å². The molecule has 1 aliphatic rings. The molecule has 21 heavy (non-hydrogen) atoms. The smallest absolute Gasteiger partial charge is 0.249 e. The van der Waals surface area contributed by atoms with E-state index in [9.17, 15) is 9.59 Å². The van der Waals surface area contributed by atoms with Crippen LogP contribution in [0.15, 0.2) is 18.2 Å². The van der Waals surface area contributed by atoms with Gasteiger partial charge in [0.2, 0.25) is 11.8 Å². The molecule has 1 aromatic carbocycles. The summed E-state index contributed by atoms with van der Waals surface area (Å²) in [7, 11) is 0. The number of nitrogens with one attached hydrogen (secondary N) is 2. The molecule has 114 valence electrons. The van der Waals surface area contributed by atoms with Crippen molar-refractivity contribution < 1.29 is 9.59 Å². The molecule has 0 saturated carbocycles. The average Bonchev–Trinajstić information content (AvgIpc) is 2.41. The molecule has 2 rings (SSSR count). The maximum atomic E-state index is 11.8. The molecular weight excluding hydrogens is 290 g/mol. The van der Waals surface area contributed by atoms with E-state index in [1.807, 2.05) is 18.2 Å². The number of hydrogen-bond donors (Lipinski definition) is 2. The summed E-state index contributed by atoms with van der Waals surface area (Å²) in [5, 5.41) is 6.30. The fourth-order valence-corrected chi connectivity index (χ4v) is 2.54. The summed E-state index contributed by atoms with van der Waals surface area (Å²) in [6, 6.07) is 5.46. The van der Waals surface area contributed by atoms with Crippen molar-refractivity contribution in [2.75, 3.05) is 11.4 Å². The maximum Gasteiger partial charge on any atom is 0.249 e. The molecule has 1 fully saturated rings. The zero-order chi connectivity index (χ0) is 15.6. The third-order valence-electron chi connectivity index (χ3n) is 3.51. The van der Waals surface area contributed by atoms with Crippen LogP contribution in [0.5, 0.6) is 0 Å². The molecule has 2 N–H and O–H groups in total. The van der Waals surface area contributed by atoms with Gasteiger partial charge in [-0.3, -0.25) is 14.9 Å². The van der Waals surface area contributed by atoms with E-state index in [0.717, 1.165) is 11.3 Å². The summed E-state index contributed by atoms with van der Waals surface area (Å²) in [6.45, 7) is 6.63. The van der Waals surface area contributed by atoms with E-state index in [2.05, 4.69) is 24.5 Å². The van der Waals surface area contributed by atoms with Crippen LogP contribution < -0.4 is 15.5 Å². The summed E-state index contributed by atoms with van der Waals surface area (Å²) in [6.07, 6.45) is 0. The maximum absolute atomic E-state index is 11.8. The minimum atomic E-state index is -0.404. The molecular formula is C15H20ClN3O2. The highest BCUT2D eigenvalue weighted by atomic mass is 35.5. The number of benzene rings is 1. The van der Waals surface area contributed by atoms with Crippen LogP contribution in [0.1, 0.15) is 26.3 Å². The van der Waals surface area contributed by atoms with Crippen LogP contribution in [0, 0.1) is 0 Å². The Hall–Kier alpha value is -1.59. The first-order valence-corrected chi connectivity index (χ1v) is 7.39. The number of halogens is 1. The molecule has 2 amide bonds. The van der Waals surface area contributed by atoms with Gasteiger partial charge in [0.05, 0.1) is 6.54 Å². The third kappa shape index (κ3) is 3.54. The molecule has 1 unspecified atom stereocenters. The first kappa shape index (κ1) is 15.8. The van der Waals surface area contributed by atoms with E-state index < -0.39 is 6.04 Å². The molecule has 1 heterocycles. The van der Waals surface area contributed by atoms with Crippen LogP contribution in [0.3, 0.4) is 0 Å². The number of imide groups is 1. The zero-order valence-electron chi connectivity index (χ0n) is 12.4. The molecule has 0 aromatic heterocycles. The molecule has 1 atom stereocenters. The Morgan fingerprint density at radius 3 is 2.81 bits per heavy atom. The predicted molar refractivity (Wildman–Crippen MR) is 83.4 cm³/mol. The summed E-state index contributed by atoms with van der Waals surface area (Å²) in [5.74, 6) is -0.574. The number of rotatable bonds is 4. The Labute approximate surface area is 129 Å². The van der Waals surface area contributed by atoms with Crippen molar-refractivity contribution in [3.05, 3.63) is 28.8 Å². The van der Waals surface area contributed by atoms with Crippen LogP contribution in [-0.4, -0.2) is 30.4 Å². The number of carbonyl (C=O) groups excluding carboxylic acids is 2. The van der Waals surface area contributed by atoms with E-state index in [0.29, 0.717) is 17.6 Å². The Morgan fingerprint density at radius 2 is 2.14 bits per heavy atom. The zero-order valence-corrected chi connectivity index (χ0v) is 13.2. The first-order valence-electron chi connectivity index (χ1n) is 7.01. The number of hydrogen-bond acceptors (Lipinski definition) is 4. The van der Waals surface area contributed by atoms with Gasteiger partial charge in [-0.15, -0.1) is 0 Å². The molecule has 1 saturated heterocycles. The van der Waals surface area contributed by atoms with Crippen molar-refractivity contribution in [1.82, 2.24) is 10.6 Å². The lowest BCUT2D eigenvalue weighted by atomic mass is 10.1. The molecule has 1 aliphatic heterocycles. The topological polar surface area (TPSA) is 61.4 Å². The Kier molecular flexibility index (Phi) is 4.85. The number of piperazine rings is 1. The fourth-order valence-electron chi connectivity index (χ4n) is 2.31. The highest BCUT2D eigenvalue weighted by Crippen LogP contribution is 2.29. The first-order chi connectivity index (χ1) is 9.90. The third-order valence-corrected chi connectivity index (χ3v) is 3.87. The fraction of sp³-hybridized carbons (Fsp3) is 0.467. The van der Waals surface area contributed by atoms with Gasteiger partial charge in [-0.25, -0.2) is 0 Å². The van der Waals surface area contributed by atoms with Crippen molar-refractivity contribution >= 4 is 29.1 Å². The Morgan fingerprint density at radius 1 is 1.43 bits per heavy atom. The highest BCUT2D eigenvalue weighted by molar-refractivity contribution is 6.31. The number of nitrogens with zero attached hydrogens (tertiary/aromatic N) is 1. The summed E-state index contributed by atoms with van der Waals surface area (Å²) in [4.78, 5) is 25.3. The molecule has 6 heteroatoms. The number of anilines is 1. The van der Waals surface area contributed by atoms with E-state index in [-0.39, 0.29) is 18.4 Å². The second-order valence-corrected chi connectivity index (χ2v) is 5.90. The second kappa shape index (κ2) is 6.45. The lowest BCUT2D eigenvalue weighted by molar-refractivity contribution is -0.132. The van der Waals surface area contributed by atoms with Crippen molar-refractivity contribution in [1.29, 1.82) is 0 Å². The van der Waals surface area contributed by atoms with Crippen LogP contribution in [0.2, 0.25) is 5.02 Å². The van der Waals surface area contributed by atoms with E-state index in [1.165, 1.54) is 0 Å². The van der Waals surface area contributed by atoms with Crippen molar-refractivity contribution in [2.45, 2.75) is 39.4 Å². The van der Waals surface area contributed by atoms with Gasteiger partial charge in [0.1, 0.15) is 6.04 Å². The minimum absolute atomic E-state index is 0.155. The molecule has 0 radical (unpaired) electrons. The normalized spacial score (nSPS) is 19.1. The Balaban J connectivity index is 2.35. The monoisotopic (exact) mass is 309 g/mol. The van der Waals surface area contributed by atoms with Gasteiger partial charge in [-0.05, 0) is 19.1 Å². The van der Waals surface area contributed by atoms with E-state index >= 15 is 0 Å². The van der Waals surface area contributed by atoms with E-state index in [4.69, 9.17) is 11.6 Å². The second-order valence-electron chi connectivity index (χ2n) is 5.49. The van der Waals surface area contributed by atoms with Gasteiger partial charge < -0.3 is 10.2 Å². The lowest BCUT2D eigenvalue weighted by Crippen LogP contribution is -2.57. The lowest BCUT2D eigenvalue weighted by Gasteiger charge is -2.35. The molecule has 1 aromatic rings. The number of carbonyl (C=O) groups is 2. The van der Waals surface area contributed by atoms with Crippen LogP contribution >= 0.6 is 11.6 Å². The SMILES string of the molecule is CC(C)NCc1c(Cl)cccc1N1CC(=O)NC(=O)C1C. The van der Waals surface area contributed by atoms with Gasteiger partial charge in [-0.2, -0.15) is 0 Å². The molecule has 0 bridgehead atoms. The van der Waals surface area contributed by atoms with Gasteiger partial charge >= 0.3 is 0 Å². The largest absolute Gasteiger partial charge is 0.350 e. The highest BCUT2D eigenvalue weighted by Gasteiger charge is 2.31. The molecule has 0 aliphatic carbocycles. The number of amides is 2. The van der Waals surface area contributed by atoms with Gasteiger partial charge in [-0.1, -0.05) is 31.5 Å². The molecule has 5 nitrogen and oxygen atoms in total. The van der Waals surface area contributed by atoms with Crippen LogP contribution in [0.4, 0.5) is 5.69 Å². The quantitative estimate of drug-likeness (QED) is 0.831. The standard InChI is InChI=1S/C15H20ClN3O2/c1-9(2)17-7-11-12(16)5-4-6-13(11)19-8-14(20)18-15(21)10(19)3/h4-6,9-10,17H,7-8H2,1-3H3,(H,18,20,21). The van der Waals surface area contributed by atoms with E-state index in [1.54, 1.807) is 11.8 Å². The summed E-state index contributed by atoms with van der Waals surface area (Å²) < 4.78 is 0. The van der Waals surface area contributed by atoms with Crippen LogP contribution in [0.25, 0.3) is 0 Å².